The van der Waals surface area contributed by atoms with E-state index in [-0.39, 0.29) is 18.3 Å². The van der Waals surface area contributed by atoms with E-state index in [4.69, 9.17) is 4.98 Å². The number of rotatable bonds is 10. The lowest BCUT2D eigenvalue weighted by atomic mass is 9.97. The van der Waals surface area contributed by atoms with Crippen LogP contribution in [0.15, 0.2) is 72.9 Å². The van der Waals surface area contributed by atoms with E-state index >= 15 is 0 Å². The molecule has 4 N–H and O–H groups in total. The van der Waals surface area contributed by atoms with Gasteiger partial charge in [0.2, 0.25) is 5.95 Å². The maximum Gasteiger partial charge on any atom is 0.328 e. The van der Waals surface area contributed by atoms with Crippen LogP contribution in [0.3, 0.4) is 0 Å². The van der Waals surface area contributed by atoms with E-state index in [9.17, 15) is 22.8 Å². The number of aryl methyl sites for hydroxylation is 1. The van der Waals surface area contributed by atoms with Crippen molar-refractivity contribution < 1.29 is 22.8 Å². The Labute approximate surface area is 252 Å². The molecule has 1 aliphatic rings. The fourth-order valence-electron chi connectivity index (χ4n) is 4.72. The number of nitrogens with zero attached hydrogens (tertiary/aromatic N) is 3. The fraction of sp³-hybridized carbons (Fsp3) is 0.188. The van der Waals surface area contributed by atoms with Crippen molar-refractivity contribution >= 4 is 35.1 Å². The zero-order chi connectivity index (χ0) is 31.4. The Morgan fingerprint density at radius 2 is 1.75 bits per heavy atom. The van der Waals surface area contributed by atoms with Gasteiger partial charge in [0.15, 0.2) is 5.82 Å². The molecule has 0 spiro atoms. The van der Waals surface area contributed by atoms with Crippen molar-refractivity contribution in [3.63, 3.8) is 0 Å². The summed E-state index contributed by atoms with van der Waals surface area (Å²) < 4.78 is 43.3. The minimum Gasteiger partial charge on any atom is -0.389 e. The summed E-state index contributed by atoms with van der Waals surface area (Å²) in [5.41, 5.74) is 3.03. The molecule has 0 saturated carbocycles. The summed E-state index contributed by atoms with van der Waals surface area (Å²) in [4.78, 5) is 36.4. The van der Waals surface area contributed by atoms with Gasteiger partial charge in [0.1, 0.15) is 23.1 Å². The van der Waals surface area contributed by atoms with Gasteiger partial charge in [-0.05, 0) is 74.4 Å². The van der Waals surface area contributed by atoms with E-state index in [0.717, 1.165) is 28.3 Å². The van der Waals surface area contributed by atoms with Crippen molar-refractivity contribution in [1.29, 1.82) is 0 Å². The third-order valence-electron chi connectivity index (χ3n) is 6.90. The average molecular weight is 602 g/mol. The third-order valence-corrected chi connectivity index (χ3v) is 6.90. The maximum absolute atomic E-state index is 15.0. The summed E-state index contributed by atoms with van der Waals surface area (Å²) in [6.07, 6.45) is 0.673. The molecule has 0 atom stereocenters. The predicted octanol–water partition coefficient (Wildman–Crippen LogP) is 6.41. The lowest BCUT2D eigenvalue weighted by Crippen LogP contribution is -2.43. The molecule has 9 nitrogen and oxygen atoms in total. The molecule has 226 valence electrons. The van der Waals surface area contributed by atoms with Crippen molar-refractivity contribution in [1.82, 2.24) is 20.6 Å². The molecule has 3 aromatic carbocycles. The predicted molar refractivity (Wildman–Crippen MR) is 163 cm³/mol. The maximum atomic E-state index is 15.0. The second kappa shape index (κ2) is 12.9. The van der Waals surface area contributed by atoms with E-state index in [1.54, 1.807) is 18.2 Å². The highest BCUT2D eigenvalue weighted by molar-refractivity contribution is 6.05. The molecular weight excluding hydrogens is 571 g/mol. The number of amides is 3. The van der Waals surface area contributed by atoms with Crippen molar-refractivity contribution in [3.05, 3.63) is 107 Å². The molecule has 44 heavy (non-hydrogen) atoms. The number of urea groups is 1. The van der Waals surface area contributed by atoms with Crippen LogP contribution in [-0.4, -0.2) is 35.0 Å². The minimum absolute atomic E-state index is 0.00544. The molecule has 1 aliphatic heterocycles. The average Bonchev–Trinajstić information content (AvgIpc) is 2.98. The topological polar surface area (TPSA) is 111 Å². The SMILES string of the molecule is C=C(C)NCCCNc1nc(-c2cc(C(=O)Nc3ccc(F)cc3)ccc2C)c2c(n1)N(c1c(F)cccc1F)C(=O)NC2. The van der Waals surface area contributed by atoms with Gasteiger partial charge in [-0.1, -0.05) is 18.7 Å². The zero-order valence-electron chi connectivity index (χ0n) is 24.1. The Kier molecular flexibility index (Phi) is 8.79. The smallest absolute Gasteiger partial charge is 0.328 e. The van der Waals surface area contributed by atoms with Gasteiger partial charge in [-0.3, -0.25) is 4.79 Å². The number of hydrogen-bond donors (Lipinski definition) is 4. The third kappa shape index (κ3) is 6.48. The molecule has 2 heterocycles. The molecule has 12 heteroatoms. The Bertz CT molecular complexity index is 1720. The lowest BCUT2D eigenvalue weighted by Gasteiger charge is -2.31. The van der Waals surface area contributed by atoms with Gasteiger partial charge in [-0.25, -0.2) is 27.8 Å². The van der Waals surface area contributed by atoms with Crippen LogP contribution in [-0.2, 0) is 6.54 Å². The van der Waals surface area contributed by atoms with Gasteiger partial charge >= 0.3 is 6.03 Å². The number of anilines is 4. The number of carbonyl (C=O) groups excluding carboxylic acids is 2. The number of aromatic nitrogens is 2. The summed E-state index contributed by atoms with van der Waals surface area (Å²) in [5, 5.41) is 11.7. The van der Waals surface area contributed by atoms with Gasteiger partial charge < -0.3 is 21.3 Å². The molecule has 0 fully saturated rings. The van der Waals surface area contributed by atoms with Gasteiger partial charge in [-0.15, -0.1) is 0 Å². The van der Waals surface area contributed by atoms with E-state index in [1.165, 1.54) is 30.3 Å². The zero-order valence-corrected chi connectivity index (χ0v) is 24.1. The van der Waals surface area contributed by atoms with E-state index in [0.29, 0.717) is 47.6 Å². The van der Waals surface area contributed by atoms with Crippen LogP contribution in [0.25, 0.3) is 11.3 Å². The summed E-state index contributed by atoms with van der Waals surface area (Å²) in [6.45, 7) is 8.55. The highest BCUT2D eigenvalue weighted by atomic mass is 19.1. The first-order valence-corrected chi connectivity index (χ1v) is 13.9. The molecule has 3 amide bonds. The largest absolute Gasteiger partial charge is 0.389 e. The number of hydrogen-bond acceptors (Lipinski definition) is 6. The van der Waals surface area contributed by atoms with Crippen LogP contribution < -0.4 is 26.2 Å². The summed E-state index contributed by atoms with van der Waals surface area (Å²) in [7, 11) is 0. The molecule has 0 bridgehead atoms. The second-order valence-electron chi connectivity index (χ2n) is 10.2. The first-order valence-electron chi connectivity index (χ1n) is 13.9. The van der Waals surface area contributed by atoms with Crippen LogP contribution in [0.2, 0.25) is 0 Å². The van der Waals surface area contributed by atoms with Crippen LogP contribution in [0, 0.1) is 24.4 Å². The highest BCUT2D eigenvalue weighted by Gasteiger charge is 2.34. The molecule has 0 radical (unpaired) electrons. The van der Waals surface area contributed by atoms with Gasteiger partial charge in [0.05, 0.1) is 12.2 Å². The van der Waals surface area contributed by atoms with Crippen LogP contribution in [0.1, 0.15) is 34.8 Å². The minimum atomic E-state index is -0.941. The molecular formula is C32H30F3N7O2. The number of fused-ring (bicyclic) bond motifs is 1. The standard InChI is InChI=1S/C32H30F3N7O2/c1-18(2)36-14-5-15-37-31-40-27(23-16-20(9-8-19(23)3)30(43)39-22-12-10-21(33)11-13-22)24-17-38-32(44)42(29(24)41-31)28-25(34)6-4-7-26(28)35/h4,6-13,16,36H,1,5,14-15,17H2,2-3H3,(H,38,44)(H,39,43)(H,37,40,41). The normalized spacial score (nSPS) is 12.3. The van der Waals surface area contributed by atoms with Crippen LogP contribution in [0.5, 0.6) is 0 Å². The first kappa shape index (κ1) is 30.1. The quantitative estimate of drug-likeness (QED) is 0.156. The molecule has 0 unspecified atom stereocenters. The first-order chi connectivity index (χ1) is 21.1. The number of para-hydroxylation sites is 1. The number of nitrogens with one attached hydrogen (secondary N) is 4. The van der Waals surface area contributed by atoms with Crippen LogP contribution >= 0.6 is 0 Å². The lowest BCUT2D eigenvalue weighted by molar-refractivity contribution is 0.102. The summed E-state index contributed by atoms with van der Waals surface area (Å²) in [6, 6.07) is 13.0. The van der Waals surface area contributed by atoms with Gasteiger partial charge in [-0.2, -0.15) is 4.98 Å². The number of carbonyl (C=O) groups is 2. The molecule has 1 aromatic heterocycles. The number of benzene rings is 3. The fourth-order valence-corrected chi connectivity index (χ4v) is 4.72. The highest BCUT2D eigenvalue weighted by Crippen LogP contribution is 2.39. The van der Waals surface area contributed by atoms with E-state index < -0.39 is 35.1 Å². The monoisotopic (exact) mass is 601 g/mol. The molecule has 5 rings (SSSR count). The Balaban J connectivity index is 1.59. The van der Waals surface area contributed by atoms with Crippen molar-refractivity contribution in [2.75, 3.05) is 28.6 Å². The molecule has 0 aliphatic carbocycles. The van der Waals surface area contributed by atoms with Crippen molar-refractivity contribution in [3.8, 4) is 11.3 Å². The van der Waals surface area contributed by atoms with E-state index in [1.807, 2.05) is 13.8 Å². The summed E-state index contributed by atoms with van der Waals surface area (Å²) in [5.74, 6) is -2.61. The Morgan fingerprint density at radius 1 is 1.02 bits per heavy atom. The van der Waals surface area contributed by atoms with E-state index in [2.05, 4.69) is 32.8 Å². The van der Waals surface area contributed by atoms with Crippen molar-refractivity contribution in [2.24, 2.45) is 0 Å². The van der Waals surface area contributed by atoms with Gasteiger partial charge in [0, 0.05) is 41.2 Å². The Hall–Kier alpha value is -5.39. The van der Waals surface area contributed by atoms with Crippen LogP contribution in [0.4, 0.5) is 41.1 Å². The van der Waals surface area contributed by atoms with Gasteiger partial charge in [0.25, 0.3) is 5.91 Å². The number of halogens is 3. The second-order valence-corrected chi connectivity index (χ2v) is 10.2. The summed E-state index contributed by atoms with van der Waals surface area (Å²) >= 11 is 0. The number of allylic oxidation sites excluding steroid dienone is 1. The molecule has 0 saturated heterocycles. The van der Waals surface area contributed by atoms with Crippen molar-refractivity contribution in [2.45, 2.75) is 26.8 Å². The Morgan fingerprint density at radius 3 is 2.45 bits per heavy atom. The molecule has 4 aromatic rings.